The maximum absolute atomic E-state index is 14.0. The minimum atomic E-state index is -5.95. The van der Waals surface area contributed by atoms with Crippen LogP contribution in [0.2, 0.25) is 0 Å². The fourth-order valence-corrected chi connectivity index (χ4v) is 6.49. The van der Waals surface area contributed by atoms with Crippen LogP contribution in [0, 0.1) is 18.8 Å². The van der Waals surface area contributed by atoms with E-state index in [1.807, 2.05) is 30.3 Å². The normalized spacial score (nSPS) is 15.2. The van der Waals surface area contributed by atoms with Gasteiger partial charge in [-0.1, -0.05) is 53.8 Å². The molecule has 0 radical (unpaired) electrons. The lowest BCUT2D eigenvalue weighted by Crippen LogP contribution is -2.57. The van der Waals surface area contributed by atoms with Gasteiger partial charge in [-0.25, -0.2) is 4.79 Å². The number of amides is 3. The second-order valence-electron chi connectivity index (χ2n) is 14.3. The van der Waals surface area contributed by atoms with Gasteiger partial charge in [-0.3, -0.25) is 14.3 Å². The molecule has 56 heavy (non-hydrogen) atoms. The minimum absolute atomic E-state index is 0.00281. The monoisotopic (exact) mass is 793 g/mol. The number of alkyl carbamates (subject to hydrolysis) is 1. The van der Waals surface area contributed by atoms with Crippen molar-refractivity contribution in [2.75, 3.05) is 11.9 Å². The number of alkyl halides is 3. The van der Waals surface area contributed by atoms with Crippen molar-refractivity contribution in [2.45, 2.75) is 76.6 Å². The summed E-state index contributed by atoms with van der Waals surface area (Å²) in [5, 5.41) is 9.91. The van der Waals surface area contributed by atoms with E-state index >= 15 is 0 Å². The lowest BCUT2D eigenvalue weighted by atomic mass is 9.98. The highest BCUT2D eigenvalue weighted by atomic mass is 32.2. The maximum atomic E-state index is 14.0. The van der Waals surface area contributed by atoms with Crippen LogP contribution in [-0.4, -0.2) is 70.7 Å². The predicted octanol–water partition coefficient (Wildman–Crippen LogP) is 6.48. The van der Waals surface area contributed by atoms with Crippen LogP contribution in [0.25, 0.3) is 11.3 Å². The molecule has 0 aliphatic carbocycles. The van der Waals surface area contributed by atoms with Crippen molar-refractivity contribution in [3.05, 3.63) is 101 Å². The molecule has 2 heterocycles. The number of carbonyl (C=O) groups excluding carboxylic acids is 3. The number of halogens is 3. The zero-order valence-electron chi connectivity index (χ0n) is 31.4. The Bertz CT molecular complexity index is 2240. The van der Waals surface area contributed by atoms with Crippen molar-refractivity contribution in [1.82, 2.24) is 20.0 Å². The second kappa shape index (κ2) is 16.9. The molecule has 0 bridgehead atoms. The number of anilines is 1. The third kappa shape index (κ3) is 10.7. The van der Waals surface area contributed by atoms with Gasteiger partial charge >= 0.3 is 21.7 Å². The molecule has 16 heteroatoms. The Balaban J connectivity index is 1.32. The lowest BCUT2D eigenvalue weighted by molar-refractivity contribution is -0.142. The first-order valence-electron chi connectivity index (χ1n) is 17.7. The average molecular weight is 794 g/mol. The number of rotatable bonds is 9. The summed E-state index contributed by atoms with van der Waals surface area (Å²) in [6.45, 7) is 7.19. The van der Waals surface area contributed by atoms with Crippen LogP contribution in [0.3, 0.4) is 0 Å². The minimum Gasteiger partial charge on any atom is -0.444 e. The smallest absolute Gasteiger partial charge is 0.444 e. The summed E-state index contributed by atoms with van der Waals surface area (Å²) in [4.78, 5) is 42.0. The van der Waals surface area contributed by atoms with Gasteiger partial charge < -0.3 is 24.5 Å². The number of carbonyl (C=O) groups is 3. The Hall–Kier alpha value is -5.82. The molecule has 0 saturated carbocycles. The largest absolute Gasteiger partial charge is 0.534 e. The predicted molar refractivity (Wildman–Crippen MR) is 203 cm³/mol. The van der Waals surface area contributed by atoms with E-state index < -0.39 is 57.0 Å². The molecule has 1 aromatic heterocycles. The highest BCUT2D eigenvalue weighted by molar-refractivity contribution is 7.88. The van der Waals surface area contributed by atoms with E-state index in [4.69, 9.17) is 4.74 Å². The Labute approximate surface area is 323 Å². The maximum Gasteiger partial charge on any atom is 0.534 e. The lowest BCUT2D eigenvalue weighted by Gasteiger charge is -2.37. The number of ether oxygens (including phenoxy) is 1. The molecule has 1 fully saturated rings. The number of nitrogens with one attached hydrogen (secondary N) is 2. The topological polar surface area (TPSA) is 149 Å². The van der Waals surface area contributed by atoms with Crippen molar-refractivity contribution in [2.24, 2.45) is 7.05 Å². The molecule has 296 valence electrons. The summed E-state index contributed by atoms with van der Waals surface area (Å²) in [5.74, 6) is 4.56. The van der Waals surface area contributed by atoms with Crippen LogP contribution in [0.4, 0.5) is 23.7 Å². The molecule has 4 aromatic rings. The van der Waals surface area contributed by atoms with Crippen molar-refractivity contribution in [1.29, 1.82) is 0 Å². The molecule has 2 N–H and O–H groups in total. The van der Waals surface area contributed by atoms with E-state index in [0.29, 0.717) is 41.8 Å². The molecule has 12 nitrogen and oxygen atoms in total. The second-order valence-corrected chi connectivity index (χ2v) is 15.8. The summed E-state index contributed by atoms with van der Waals surface area (Å²) < 4.78 is 74.3. The van der Waals surface area contributed by atoms with E-state index in [1.54, 1.807) is 59.0 Å². The van der Waals surface area contributed by atoms with Crippen LogP contribution >= 0.6 is 0 Å². The molecule has 0 spiro atoms. The molecular formula is C40H42F3N5O7S. The first kappa shape index (κ1) is 41.3. The van der Waals surface area contributed by atoms with Crippen LogP contribution < -0.4 is 14.8 Å². The standard InChI is InChI=1S/C40H42F3N5O7S/c1-26-14-21-34(55-56(52,53)40(41,42)43)31(23-26)35-29(25-47(5)46-35)18-15-27-16-19-30(20-17-27)44-36(49)33-13-9-10-22-48(33)37(50)32(24-28-11-7-6-8-12-28)45-38(51)54-39(2,3)4/h6-8,11-12,14,16-17,19-21,23,25,32-33H,9-10,13,22,24H2,1-5H3,(H,44,49)(H,45,51)/t32-,33?/m0/s1. The van der Waals surface area contributed by atoms with E-state index in [1.165, 1.54) is 27.9 Å². The summed E-state index contributed by atoms with van der Waals surface area (Å²) >= 11 is 0. The highest BCUT2D eigenvalue weighted by Crippen LogP contribution is 2.36. The quantitative estimate of drug-likeness (QED) is 0.111. The van der Waals surface area contributed by atoms with Crippen molar-refractivity contribution >= 4 is 33.7 Å². The number of aryl methyl sites for hydroxylation is 2. The first-order chi connectivity index (χ1) is 26.3. The molecular weight excluding hydrogens is 752 g/mol. The van der Waals surface area contributed by atoms with Crippen LogP contribution in [-0.2, 0) is 37.9 Å². The van der Waals surface area contributed by atoms with Gasteiger partial charge in [0.15, 0.2) is 5.75 Å². The van der Waals surface area contributed by atoms with E-state index in [9.17, 15) is 36.0 Å². The molecule has 1 unspecified atom stereocenters. The average Bonchev–Trinajstić information content (AvgIpc) is 3.50. The van der Waals surface area contributed by atoms with Gasteiger partial charge in [0.05, 0.1) is 5.56 Å². The Kier molecular flexibility index (Phi) is 12.5. The zero-order chi connectivity index (χ0) is 40.8. The van der Waals surface area contributed by atoms with E-state index in [0.717, 1.165) is 18.1 Å². The summed E-state index contributed by atoms with van der Waals surface area (Å²) in [6.07, 6.45) is 2.84. The summed E-state index contributed by atoms with van der Waals surface area (Å²) in [5.41, 5.74) is -3.60. The van der Waals surface area contributed by atoms with Crippen molar-refractivity contribution < 1.29 is 44.9 Å². The SMILES string of the molecule is Cc1ccc(OS(=O)(=O)C(F)(F)F)c(-c2nn(C)cc2C#Cc2ccc(NC(=O)C3CCCCN3C(=O)[C@H](Cc3ccccc3)NC(=O)OC(C)(C)C)cc2)c1. The molecule has 1 aliphatic rings. The van der Waals surface area contributed by atoms with Gasteiger partial charge in [-0.15, -0.1) is 0 Å². The van der Waals surface area contributed by atoms with Crippen LogP contribution in [0.15, 0.2) is 79.0 Å². The molecule has 1 aliphatic heterocycles. The number of nitrogens with zero attached hydrogens (tertiary/aromatic N) is 3. The van der Waals surface area contributed by atoms with E-state index in [2.05, 4.69) is 31.8 Å². The molecule has 1 saturated heterocycles. The van der Waals surface area contributed by atoms with Crippen LogP contribution in [0.1, 0.15) is 62.3 Å². The summed E-state index contributed by atoms with van der Waals surface area (Å²) in [7, 11) is -4.37. The first-order valence-corrected chi connectivity index (χ1v) is 19.1. The molecule has 5 rings (SSSR count). The Morgan fingerprint density at radius 3 is 2.34 bits per heavy atom. The molecule has 3 amide bonds. The van der Waals surface area contributed by atoms with Gasteiger partial charge in [0.25, 0.3) is 0 Å². The van der Waals surface area contributed by atoms with Gasteiger partial charge in [-0.2, -0.15) is 26.7 Å². The zero-order valence-corrected chi connectivity index (χ0v) is 32.3. The third-order valence-electron chi connectivity index (χ3n) is 8.56. The fourth-order valence-electron chi connectivity index (χ4n) is 6.02. The molecule has 2 atom stereocenters. The van der Waals surface area contributed by atoms with Crippen molar-refractivity contribution in [3.63, 3.8) is 0 Å². The third-order valence-corrected chi connectivity index (χ3v) is 9.52. The van der Waals surface area contributed by atoms with Crippen LogP contribution in [0.5, 0.6) is 5.75 Å². The number of aromatic nitrogens is 2. The Morgan fingerprint density at radius 2 is 1.68 bits per heavy atom. The molecule has 3 aromatic carbocycles. The number of likely N-dealkylation sites (tertiary alicyclic amines) is 1. The van der Waals surface area contributed by atoms with Gasteiger partial charge in [0.1, 0.15) is 23.4 Å². The van der Waals surface area contributed by atoms with Gasteiger partial charge in [0.2, 0.25) is 11.8 Å². The van der Waals surface area contributed by atoms with Crippen molar-refractivity contribution in [3.8, 4) is 28.8 Å². The highest BCUT2D eigenvalue weighted by Gasteiger charge is 2.49. The van der Waals surface area contributed by atoms with Gasteiger partial charge in [-0.05, 0) is 88.9 Å². The number of benzene rings is 3. The number of piperidine rings is 1. The summed E-state index contributed by atoms with van der Waals surface area (Å²) in [6, 6.07) is 18.0. The number of hydrogen-bond acceptors (Lipinski definition) is 8. The Morgan fingerprint density at radius 1 is 0.982 bits per heavy atom. The number of hydrogen-bond donors (Lipinski definition) is 2. The van der Waals surface area contributed by atoms with Gasteiger partial charge in [0, 0.05) is 43.0 Å². The fraction of sp³-hybridized carbons (Fsp3) is 0.350. The van der Waals surface area contributed by atoms with E-state index in [-0.39, 0.29) is 17.7 Å².